The summed E-state index contributed by atoms with van der Waals surface area (Å²) in [6.45, 7) is 10.9. The van der Waals surface area contributed by atoms with Gasteiger partial charge in [-0.25, -0.2) is 0 Å². The lowest BCUT2D eigenvalue weighted by Crippen LogP contribution is -2.32. The van der Waals surface area contributed by atoms with E-state index >= 15 is 0 Å². The normalized spacial score (nSPS) is 11.4. The number of nitrogens with one attached hydrogen (secondary N) is 1. The summed E-state index contributed by atoms with van der Waals surface area (Å²) >= 11 is 0. The summed E-state index contributed by atoms with van der Waals surface area (Å²) in [4.78, 5) is 17.0. The van der Waals surface area contributed by atoms with Crippen molar-refractivity contribution in [1.29, 1.82) is 0 Å². The third-order valence-corrected chi connectivity index (χ3v) is 4.81. The monoisotopic (exact) mass is 367 g/mol. The lowest BCUT2D eigenvalue weighted by molar-refractivity contribution is 0.0949. The Bertz CT molecular complexity index is 683. The molecule has 1 amide bonds. The predicted molar refractivity (Wildman–Crippen MR) is 113 cm³/mol. The zero-order chi connectivity index (χ0) is 19.6. The Morgan fingerprint density at radius 3 is 2.19 bits per heavy atom. The summed E-state index contributed by atoms with van der Waals surface area (Å²) in [7, 11) is 2.07. The molecule has 0 bridgehead atoms. The molecule has 0 saturated heterocycles. The average molecular weight is 368 g/mol. The van der Waals surface area contributed by atoms with Crippen molar-refractivity contribution in [3.05, 3.63) is 71.3 Å². The maximum Gasteiger partial charge on any atom is 0.251 e. The van der Waals surface area contributed by atoms with Gasteiger partial charge in [-0.05, 0) is 50.7 Å². The number of hydrogen-bond acceptors (Lipinski definition) is 3. The lowest BCUT2D eigenvalue weighted by Gasteiger charge is -2.24. The van der Waals surface area contributed by atoms with E-state index in [1.165, 1.54) is 11.1 Å². The molecule has 0 aliphatic carbocycles. The fourth-order valence-corrected chi connectivity index (χ4v) is 3.09. The first-order chi connectivity index (χ1) is 13.0. The van der Waals surface area contributed by atoms with E-state index in [-0.39, 0.29) is 5.91 Å². The van der Waals surface area contributed by atoms with Gasteiger partial charge in [-0.15, -0.1) is 0 Å². The summed E-state index contributed by atoms with van der Waals surface area (Å²) in [6.07, 6.45) is 0. The highest BCUT2D eigenvalue weighted by Gasteiger charge is 2.09. The minimum Gasteiger partial charge on any atom is -0.351 e. The van der Waals surface area contributed by atoms with Gasteiger partial charge in [0.15, 0.2) is 0 Å². The number of benzene rings is 2. The number of carbonyl (C=O) groups excluding carboxylic acids is 1. The molecular formula is C23H33N3O. The molecule has 27 heavy (non-hydrogen) atoms. The van der Waals surface area contributed by atoms with Crippen LogP contribution < -0.4 is 5.32 Å². The zero-order valence-electron chi connectivity index (χ0n) is 17.1. The first kappa shape index (κ1) is 21.1. The molecule has 1 N–H and O–H groups in total. The minimum atomic E-state index is -0.00846. The topological polar surface area (TPSA) is 35.6 Å². The Kier molecular flexibility index (Phi) is 8.49. The molecule has 0 aromatic heterocycles. The van der Waals surface area contributed by atoms with Crippen LogP contribution in [0.5, 0.6) is 0 Å². The van der Waals surface area contributed by atoms with E-state index in [2.05, 4.69) is 79.3 Å². The molecular weight excluding hydrogens is 334 g/mol. The summed E-state index contributed by atoms with van der Waals surface area (Å²) in [6, 6.07) is 18.8. The van der Waals surface area contributed by atoms with Crippen LogP contribution >= 0.6 is 0 Å². The Labute approximate surface area is 164 Å². The Morgan fingerprint density at radius 1 is 0.963 bits per heavy atom. The maximum atomic E-state index is 12.3. The van der Waals surface area contributed by atoms with Gasteiger partial charge in [0.25, 0.3) is 5.91 Å². The second-order valence-electron chi connectivity index (χ2n) is 7.33. The minimum absolute atomic E-state index is 0.00846. The van der Waals surface area contributed by atoms with Crippen molar-refractivity contribution in [3.8, 4) is 0 Å². The van der Waals surface area contributed by atoms with Crippen LogP contribution in [0.2, 0.25) is 0 Å². The molecule has 0 unspecified atom stereocenters. The van der Waals surface area contributed by atoms with Crippen LogP contribution in [0.25, 0.3) is 0 Å². The highest BCUT2D eigenvalue weighted by molar-refractivity contribution is 5.94. The van der Waals surface area contributed by atoms with Crippen LogP contribution in [0.1, 0.15) is 42.3 Å². The summed E-state index contributed by atoms with van der Waals surface area (Å²) in [5.41, 5.74) is 3.24. The molecule has 0 atom stereocenters. The fourth-order valence-electron chi connectivity index (χ4n) is 3.09. The van der Waals surface area contributed by atoms with Crippen molar-refractivity contribution in [3.63, 3.8) is 0 Å². The second-order valence-corrected chi connectivity index (χ2v) is 7.33. The molecule has 0 spiro atoms. The summed E-state index contributed by atoms with van der Waals surface area (Å²) in [5, 5.41) is 3.01. The van der Waals surface area contributed by atoms with Gasteiger partial charge < -0.3 is 10.2 Å². The molecule has 146 valence electrons. The van der Waals surface area contributed by atoms with Crippen molar-refractivity contribution < 1.29 is 4.79 Å². The average Bonchev–Trinajstić information content (AvgIpc) is 2.67. The third kappa shape index (κ3) is 7.16. The molecule has 0 heterocycles. The highest BCUT2D eigenvalue weighted by atomic mass is 16.1. The van der Waals surface area contributed by atoms with Crippen LogP contribution in [0.4, 0.5) is 0 Å². The number of likely N-dealkylation sites (N-methyl/N-ethyl adjacent to an activating group) is 1. The van der Waals surface area contributed by atoms with Crippen LogP contribution in [-0.2, 0) is 13.1 Å². The van der Waals surface area contributed by atoms with Crippen molar-refractivity contribution in [2.75, 3.05) is 26.7 Å². The number of nitrogens with zero attached hydrogens (tertiary/aromatic N) is 2. The van der Waals surface area contributed by atoms with Gasteiger partial charge in [0.1, 0.15) is 0 Å². The molecule has 4 heteroatoms. The standard InChI is InChI=1S/C23H33N3O/c1-5-26(19(2)3)18-21-11-13-22(14-12-21)23(27)24-15-16-25(4)17-20-9-7-6-8-10-20/h6-14,19H,5,15-18H2,1-4H3,(H,24,27). The highest BCUT2D eigenvalue weighted by Crippen LogP contribution is 2.10. The van der Waals surface area contributed by atoms with E-state index in [9.17, 15) is 4.79 Å². The van der Waals surface area contributed by atoms with Gasteiger partial charge in [0.2, 0.25) is 0 Å². The molecule has 2 aromatic carbocycles. The van der Waals surface area contributed by atoms with Crippen LogP contribution in [0.3, 0.4) is 0 Å². The third-order valence-electron chi connectivity index (χ3n) is 4.81. The van der Waals surface area contributed by atoms with Gasteiger partial charge in [0, 0.05) is 37.8 Å². The number of amides is 1. The first-order valence-electron chi connectivity index (χ1n) is 9.83. The largest absolute Gasteiger partial charge is 0.351 e. The van der Waals surface area contributed by atoms with E-state index in [0.717, 1.165) is 31.7 Å². The van der Waals surface area contributed by atoms with E-state index in [4.69, 9.17) is 0 Å². The first-order valence-corrected chi connectivity index (χ1v) is 9.83. The van der Waals surface area contributed by atoms with Crippen molar-refractivity contribution in [1.82, 2.24) is 15.1 Å². The molecule has 0 aliphatic rings. The molecule has 0 saturated carbocycles. The van der Waals surface area contributed by atoms with E-state index in [1.54, 1.807) is 0 Å². The van der Waals surface area contributed by atoms with Crippen molar-refractivity contribution >= 4 is 5.91 Å². The second kappa shape index (κ2) is 10.9. The summed E-state index contributed by atoms with van der Waals surface area (Å²) < 4.78 is 0. The van der Waals surface area contributed by atoms with Gasteiger partial charge in [-0.1, -0.05) is 49.4 Å². The van der Waals surface area contributed by atoms with E-state index < -0.39 is 0 Å². The molecule has 2 rings (SSSR count). The van der Waals surface area contributed by atoms with Gasteiger partial charge in [-0.2, -0.15) is 0 Å². The van der Waals surface area contributed by atoms with Crippen molar-refractivity contribution in [2.45, 2.75) is 39.9 Å². The van der Waals surface area contributed by atoms with Crippen molar-refractivity contribution in [2.24, 2.45) is 0 Å². The molecule has 4 nitrogen and oxygen atoms in total. The maximum absolute atomic E-state index is 12.3. The smallest absolute Gasteiger partial charge is 0.251 e. The lowest BCUT2D eigenvalue weighted by atomic mass is 10.1. The number of carbonyl (C=O) groups is 1. The zero-order valence-corrected chi connectivity index (χ0v) is 17.1. The molecule has 0 radical (unpaired) electrons. The summed E-state index contributed by atoms with van der Waals surface area (Å²) in [5.74, 6) is -0.00846. The van der Waals surface area contributed by atoms with Gasteiger partial charge >= 0.3 is 0 Å². The van der Waals surface area contributed by atoms with Crippen LogP contribution in [-0.4, -0.2) is 48.4 Å². The number of rotatable bonds is 10. The Morgan fingerprint density at radius 2 is 1.59 bits per heavy atom. The Hall–Kier alpha value is -2.17. The van der Waals surface area contributed by atoms with Gasteiger partial charge in [-0.3, -0.25) is 9.69 Å². The molecule has 0 fully saturated rings. The SMILES string of the molecule is CCN(Cc1ccc(C(=O)NCCN(C)Cc2ccccc2)cc1)C(C)C. The molecule has 0 aliphatic heterocycles. The van der Waals surface area contributed by atoms with Gasteiger partial charge in [0.05, 0.1) is 0 Å². The van der Waals surface area contributed by atoms with E-state index in [0.29, 0.717) is 12.6 Å². The van der Waals surface area contributed by atoms with Crippen LogP contribution in [0, 0.1) is 0 Å². The molecule has 2 aromatic rings. The Balaban J connectivity index is 1.77. The quantitative estimate of drug-likeness (QED) is 0.694. The van der Waals surface area contributed by atoms with Crippen LogP contribution in [0.15, 0.2) is 54.6 Å². The predicted octanol–water partition coefficient (Wildman–Crippen LogP) is 3.78. The van der Waals surface area contributed by atoms with E-state index in [1.807, 2.05) is 18.2 Å². The number of hydrogen-bond donors (Lipinski definition) is 1. The fraction of sp³-hybridized carbons (Fsp3) is 0.435.